The molecule has 0 unspecified atom stereocenters. The number of likely N-dealkylation sites (tertiary alicyclic amines) is 1. The van der Waals surface area contributed by atoms with Crippen molar-refractivity contribution in [1.82, 2.24) is 24.6 Å². The molecular weight excluding hydrogens is 522 g/mol. The second-order valence-electron chi connectivity index (χ2n) is 11.4. The van der Waals surface area contributed by atoms with E-state index in [9.17, 15) is 10.1 Å². The van der Waals surface area contributed by atoms with Crippen molar-refractivity contribution in [3.8, 4) is 6.07 Å². The Labute approximate surface area is 239 Å². The van der Waals surface area contributed by atoms with Crippen molar-refractivity contribution in [2.24, 2.45) is 13.0 Å². The van der Waals surface area contributed by atoms with Gasteiger partial charge in [-0.3, -0.25) is 14.6 Å². The van der Waals surface area contributed by atoms with E-state index in [-0.39, 0.29) is 11.3 Å². The molecular formula is C30H35N7O2S. The number of nitrogens with zero attached hydrogens (tertiary/aromatic N) is 7. The van der Waals surface area contributed by atoms with Crippen LogP contribution in [-0.4, -0.2) is 62.6 Å². The third-order valence-corrected chi connectivity index (χ3v) is 9.19. The van der Waals surface area contributed by atoms with Crippen molar-refractivity contribution in [3.63, 3.8) is 0 Å². The summed E-state index contributed by atoms with van der Waals surface area (Å²) in [4.78, 5) is 23.0. The monoisotopic (exact) mass is 557 g/mol. The van der Waals surface area contributed by atoms with Crippen molar-refractivity contribution >= 4 is 23.5 Å². The summed E-state index contributed by atoms with van der Waals surface area (Å²) >= 11 is 1.66. The van der Waals surface area contributed by atoms with Crippen LogP contribution in [0.5, 0.6) is 0 Å². The normalized spacial score (nSPS) is 20.3. The van der Waals surface area contributed by atoms with Gasteiger partial charge in [0.15, 0.2) is 0 Å². The van der Waals surface area contributed by atoms with Gasteiger partial charge in [0.1, 0.15) is 18.0 Å². The number of aryl methyl sites for hydroxylation is 1. The first kappa shape index (κ1) is 26.9. The maximum atomic E-state index is 13.9. The molecule has 1 aromatic carbocycles. The molecule has 1 atom stereocenters. The van der Waals surface area contributed by atoms with Gasteiger partial charge in [0.05, 0.1) is 36.4 Å². The number of anilines is 1. The van der Waals surface area contributed by atoms with E-state index in [1.54, 1.807) is 23.0 Å². The smallest absolute Gasteiger partial charge is 0.260 e. The molecule has 208 valence electrons. The average Bonchev–Trinajstić information content (AvgIpc) is 3.48. The Morgan fingerprint density at radius 2 is 2.10 bits per heavy atom. The van der Waals surface area contributed by atoms with Gasteiger partial charge in [-0.25, -0.2) is 4.98 Å². The molecule has 3 aliphatic rings. The van der Waals surface area contributed by atoms with Crippen molar-refractivity contribution in [1.29, 1.82) is 5.26 Å². The molecule has 5 heterocycles. The molecule has 0 bridgehead atoms. The number of ether oxygens (including phenoxy) is 1. The van der Waals surface area contributed by atoms with Crippen LogP contribution in [0.4, 0.5) is 5.82 Å². The van der Waals surface area contributed by atoms with E-state index in [1.807, 2.05) is 29.8 Å². The predicted octanol–water partition coefficient (Wildman–Crippen LogP) is 4.10. The van der Waals surface area contributed by atoms with E-state index in [1.165, 1.54) is 12.8 Å². The number of rotatable bonds is 8. The number of hydrogen-bond acceptors (Lipinski definition) is 8. The highest BCUT2D eigenvalue weighted by molar-refractivity contribution is 7.99. The number of carbonyl (C=O) groups is 1. The van der Waals surface area contributed by atoms with Crippen LogP contribution in [-0.2, 0) is 36.7 Å². The van der Waals surface area contributed by atoms with Crippen LogP contribution in [0.1, 0.15) is 65.1 Å². The summed E-state index contributed by atoms with van der Waals surface area (Å²) in [5.74, 6) is 2.96. The topological polar surface area (TPSA) is 100 Å². The molecule has 0 N–H and O–H groups in total. The number of nitriles is 1. The standard InChI is InChI=1S/C30H35N7O2S/c1-4-40-28-11-23(30(17-39-18-30)12-27-34-32-19-35(27)3)10-26(33-28)37-16-25-22(13-31)8-21(9-24(25)29(37)38)15-36-7-5-6-20(2)14-36/h8-11,19-20H,4-7,12,14-18H2,1-3H3/t20-/m0/s1. The van der Waals surface area contributed by atoms with Gasteiger partial charge in [-0.2, -0.15) is 5.26 Å². The van der Waals surface area contributed by atoms with Crippen LogP contribution in [0.3, 0.4) is 0 Å². The lowest BCUT2D eigenvalue weighted by molar-refractivity contribution is -0.0612. The maximum absolute atomic E-state index is 13.9. The molecule has 3 aliphatic heterocycles. The van der Waals surface area contributed by atoms with Crippen LogP contribution < -0.4 is 4.90 Å². The van der Waals surface area contributed by atoms with Gasteiger partial charge in [0, 0.05) is 43.1 Å². The number of carbonyl (C=O) groups excluding carboxylic acids is 1. The zero-order valence-electron chi connectivity index (χ0n) is 23.4. The minimum absolute atomic E-state index is 0.0929. The van der Waals surface area contributed by atoms with E-state index in [2.05, 4.69) is 41.1 Å². The summed E-state index contributed by atoms with van der Waals surface area (Å²) in [6, 6.07) is 10.5. The first-order valence-electron chi connectivity index (χ1n) is 14.0. The zero-order valence-corrected chi connectivity index (χ0v) is 24.2. The molecule has 10 heteroatoms. The quantitative estimate of drug-likeness (QED) is 0.382. The minimum Gasteiger partial charge on any atom is -0.379 e. The number of aromatic nitrogens is 4. The third-order valence-electron chi connectivity index (χ3n) is 8.40. The van der Waals surface area contributed by atoms with E-state index < -0.39 is 0 Å². The Hall–Kier alpha value is -3.26. The van der Waals surface area contributed by atoms with Crippen LogP contribution in [0, 0.1) is 17.2 Å². The summed E-state index contributed by atoms with van der Waals surface area (Å²) in [7, 11) is 1.95. The van der Waals surface area contributed by atoms with E-state index >= 15 is 0 Å². The lowest BCUT2D eigenvalue weighted by Gasteiger charge is -2.42. The Morgan fingerprint density at radius 1 is 1.25 bits per heavy atom. The van der Waals surface area contributed by atoms with Crippen LogP contribution >= 0.6 is 11.8 Å². The molecule has 40 heavy (non-hydrogen) atoms. The number of fused-ring (bicyclic) bond motifs is 1. The highest BCUT2D eigenvalue weighted by Crippen LogP contribution is 2.40. The van der Waals surface area contributed by atoms with Gasteiger partial charge in [-0.15, -0.1) is 22.0 Å². The average molecular weight is 558 g/mol. The minimum atomic E-state index is -0.256. The van der Waals surface area contributed by atoms with E-state index in [0.29, 0.717) is 49.0 Å². The molecule has 0 radical (unpaired) electrons. The molecule has 0 saturated carbocycles. The van der Waals surface area contributed by atoms with Gasteiger partial charge >= 0.3 is 0 Å². The predicted molar refractivity (Wildman–Crippen MR) is 153 cm³/mol. The zero-order chi connectivity index (χ0) is 27.9. The van der Waals surface area contributed by atoms with Crippen molar-refractivity contribution in [2.75, 3.05) is 37.0 Å². The fourth-order valence-electron chi connectivity index (χ4n) is 6.18. The Kier molecular flexibility index (Phi) is 7.38. The maximum Gasteiger partial charge on any atom is 0.260 e. The number of hydrogen-bond donors (Lipinski definition) is 0. The SMILES string of the molecule is CCSc1cc(C2(Cc3nncn3C)COC2)cc(N2Cc3c(C#N)cc(CN4CCC[C@H](C)C4)cc3C2=O)n1. The fourth-order valence-corrected chi connectivity index (χ4v) is 6.84. The van der Waals surface area contributed by atoms with Gasteiger partial charge in [-0.1, -0.05) is 13.8 Å². The van der Waals surface area contributed by atoms with Gasteiger partial charge in [-0.05, 0) is 66.4 Å². The summed E-state index contributed by atoms with van der Waals surface area (Å²) in [6.07, 6.45) is 4.85. The highest BCUT2D eigenvalue weighted by atomic mass is 32.2. The number of benzene rings is 1. The largest absolute Gasteiger partial charge is 0.379 e. The molecule has 0 spiro atoms. The second-order valence-corrected chi connectivity index (χ2v) is 12.7. The van der Waals surface area contributed by atoms with Crippen LogP contribution in [0.25, 0.3) is 0 Å². The third kappa shape index (κ3) is 5.02. The van der Waals surface area contributed by atoms with Gasteiger partial charge in [0.25, 0.3) is 5.91 Å². The van der Waals surface area contributed by atoms with Gasteiger partial charge < -0.3 is 9.30 Å². The second kappa shape index (κ2) is 11.0. The lowest BCUT2D eigenvalue weighted by atomic mass is 9.76. The highest BCUT2D eigenvalue weighted by Gasteiger charge is 2.43. The summed E-state index contributed by atoms with van der Waals surface area (Å²) < 4.78 is 7.67. The van der Waals surface area contributed by atoms with E-state index in [4.69, 9.17) is 9.72 Å². The molecule has 9 nitrogen and oxygen atoms in total. The van der Waals surface area contributed by atoms with Crippen LogP contribution in [0.2, 0.25) is 0 Å². The van der Waals surface area contributed by atoms with Crippen molar-refractivity contribution < 1.29 is 9.53 Å². The van der Waals surface area contributed by atoms with E-state index in [0.717, 1.165) is 52.9 Å². The number of piperidine rings is 1. The lowest BCUT2D eigenvalue weighted by Crippen LogP contribution is -2.49. The molecule has 3 aromatic rings. The Balaban J connectivity index is 1.33. The molecule has 6 rings (SSSR count). The van der Waals surface area contributed by atoms with Crippen LogP contribution in [0.15, 0.2) is 35.6 Å². The molecule has 2 saturated heterocycles. The first-order chi connectivity index (χ1) is 19.4. The summed E-state index contributed by atoms with van der Waals surface area (Å²) in [5.41, 5.74) is 3.86. The Bertz CT molecular complexity index is 1480. The van der Waals surface area contributed by atoms with Gasteiger partial charge in [0.2, 0.25) is 0 Å². The number of amides is 1. The fraction of sp³-hybridized carbons (Fsp3) is 0.500. The van der Waals surface area contributed by atoms with Crippen molar-refractivity contribution in [2.45, 2.75) is 56.6 Å². The first-order valence-corrected chi connectivity index (χ1v) is 15.0. The molecule has 2 aromatic heterocycles. The Morgan fingerprint density at radius 3 is 2.77 bits per heavy atom. The molecule has 2 fully saturated rings. The summed E-state index contributed by atoms with van der Waals surface area (Å²) in [6.45, 7) is 8.74. The summed E-state index contributed by atoms with van der Waals surface area (Å²) in [5, 5.41) is 19.3. The number of thioether (sulfide) groups is 1. The number of pyridine rings is 1. The molecule has 1 amide bonds. The van der Waals surface area contributed by atoms with Crippen molar-refractivity contribution in [3.05, 3.63) is 64.2 Å². The molecule has 0 aliphatic carbocycles.